The van der Waals surface area contributed by atoms with Crippen LogP contribution in [0.2, 0.25) is 0 Å². The molecule has 0 aliphatic carbocycles. The second-order valence-electron chi connectivity index (χ2n) is 11.1. The molecule has 1 aliphatic heterocycles. The smallest absolute Gasteiger partial charge is 0.369 e. The van der Waals surface area contributed by atoms with Gasteiger partial charge in [-0.2, -0.15) is 13.2 Å². The summed E-state index contributed by atoms with van der Waals surface area (Å²) in [7, 11) is 0. The zero-order valence-electron chi connectivity index (χ0n) is 23.5. The number of primary amides is 1. The van der Waals surface area contributed by atoms with E-state index in [4.69, 9.17) is 5.73 Å². The molecule has 0 radical (unpaired) electrons. The first-order valence-electron chi connectivity index (χ1n) is 14.1. The van der Waals surface area contributed by atoms with Crippen molar-refractivity contribution in [1.29, 1.82) is 0 Å². The van der Waals surface area contributed by atoms with Crippen LogP contribution in [0.3, 0.4) is 0 Å². The summed E-state index contributed by atoms with van der Waals surface area (Å²) in [6, 6.07) is 11.7. The van der Waals surface area contributed by atoms with Gasteiger partial charge in [0, 0.05) is 24.9 Å². The van der Waals surface area contributed by atoms with Gasteiger partial charge < -0.3 is 16.0 Å². The van der Waals surface area contributed by atoms with Crippen LogP contribution in [0.5, 0.6) is 0 Å². The predicted octanol–water partition coefficient (Wildman–Crippen LogP) is 5.93. The van der Waals surface area contributed by atoms with Crippen LogP contribution in [0.25, 0.3) is 11.1 Å². The van der Waals surface area contributed by atoms with Gasteiger partial charge in [0.1, 0.15) is 6.04 Å². The highest BCUT2D eigenvalue weighted by Crippen LogP contribution is 2.31. The molecule has 0 aromatic heterocycles. The minimum absolute atomic E-state index is 0.160. The van der Waals surface area contributed by atoms with E-state index >= 15 is 0 Å². The van der Waals surface area contributed by atoms with E-state index < -0.39 is 35.5 Å². The van der Waals surface area contributed by atoms with Crippen LogP contribution in [-0.4, -0.2) is 35.2 Å². The highest BCUT2D eigenvalue weighted by atomic mass is 19.4. The molecule has 6 nitrogen and oxygen atoms in total. The minimum Gasteiger partial charge on any atom is -0.369 e. The van der Waals surface area contributed by atoms with E-state index in [1.54, 1.807) is 4.90 Å². The van der Waals surface area contributed by atoms with Gasteiger partial charge in [-0.05, 0) is 66.8 Å². The first kappa shape index (κ1) is 31.2. The second-order valence-corrected chi connectivity index (χ2v) is 11.1. The van der Waals surface area contributed by atoms with E-state index in [9.17, 15) is 27.6 Å². The molecule has 3 amide bonds. The van der Waals surface area contributed by atoms with Gasteiger partial charge >= 0.3 is 6.18 Å². The van der Waals surface area contributed by atoms with Gasteiger partial charge in [0.25, 0.3) is 0 Å². The fraction of sp³-hybridized carbons (Fsp3) is 0.516. The molecule has 3 rings (SSSR count). The number of hydrogen-bond acceptors (Lipinski definition) is 3. The third kappa shape index (κ3) is 8.32. The van der Waals surface area contributed by atoms with Crippen molar-refractivity contribution in [2.24, 2.45) is 23.5 Å². The molecule has 9 heteroatoms. The third-order valence-electron chi connectivity index (χ3n) is 7.48. The quantitative estimate of drug-likeness (QED) is 0.357. The Morgan fingerprint density at radius 2 is 1.60 bits per heavy atom. The number of hydrogen-bond donors (Lipinski definition) is 2. The first-order chi connectivity index (χ1) is 18.9. The fourth-order valence-corrected chi connectivity index (χ4v) is 5.36. The van der Waals surface area contributed by atoms with Crippen LogP contribution in [0.15, 0.2) is 48.5 Å². The number of benzene rings is 2. The number of nitrogens with two attached hydrogens (primary N) is 1. The number of rotatable bonds is 11. The number of halogens is 3. The van der Waals surface area contributed by atoms with E-state index in [-0.39, 0.29) is 17.7 Å². The van der Waals surface area contributed by atoms with Crippen molar-refractivity contribution in [3.63, 3.8) is 0 Å². The molecule has 218 valence electrons. The van der Waals surface area contributed by atoms with Crippen molar-refractivity contribution < 1.29 is 27.6 Å². The Balaban J connectivity index is 1.70. The van der Waals surface area contributed by atoms with E-state index in [1.165, 1.54) is 12.1 Å². The van der Waals surface area contributed by atoms with E-state index in [0.29, 0.717) is 37.9 Å². The maximum atomic E-state index is 13.5. The Bertz CT molecular complexity index is 1150. The minimum atomic E-state index is -4.38. The summed E-state index contributed by atoms with van der Waals surface area (Å²) < 4.78 is 38.6. The molecule has 1 unspecified atom stereocenters. The van der Waals surface area contributed by atoms with Crippen LogP contribution < -0.4 is 11.1 Å². The molecule has 0 spiro atoms. The third-order valence-corrected chi connectivity index (χ3v) is 7.48. The zero-order chi connectivity index (χ0) is 29.4. The standard InChI is InChI=1S/C31H40F3N3O3/c1-4-7-25(28(35)38)26(18-20(2)3)29(39)36-27-8-5-6-17-37(30(27)40)19-21-9-11-22(12-10-21)23-13-15-24(16-14-23)31(32,33)34/h9-16,20,25-27H,4-8,17-19H2,1-3H3,(H2,35,38)(H,36,39)/t25-,26+,27?/m0/s1. The first-order valence-corrected chi connectivity index (χ1v) is 14.1. The van der Waals surface area contributed by atoms with Crippen LogP contribution in [0.4, 0.5) is 13.2 Å². The summed E-state index contributed by atoms with van der Waals surface area (Å²) in [4.78, 5) is 40.8. The van der Waals surface area contributed by atoms with Gasteiger partial charge in [-0.25, -0.2) is 0 Å². The molecule has 1 heterocycles. The Kier molecular flexibility index (Phi) is 10.8. The zero-order valence-corrected chi connectivity index (χ0v) is 23.5. The Hall–Kier alpha value is -3.36. The average molecular weight is 560 g/mol. The summed E-state index contributed by atoms with van der Waals surface area (Å²) >= 11 is 0. The molecule has 3 atom stereocenters. The van der Waals surface area contributed by atoms with Gasteiger partial charge in [0.2, 0.25) is 17.7 Å². The van der Waals surface area contributed by atoms with Crippen molar-refractivity contribution in [3.8, 4) is 11.1 Å². The normalized spacial score (nSPS) is 17.8. The van der Waals surface area contributed by atoms with E-state index in [0.717, 1.165) is 42.5 Å². The van der Waals surface area contributed by atoms with Crippen molar-refractivity contribution >= 4 is 17.7 Å². The summed E-state index contributed by atoms with van der Waals surface area (Å²) in [5.41, 5.74) is 7.29. The Morgan fingerprint density at radius 3 is 2.12 bits per heavy atom. The number of likely N-dealkylation sites (tertiary alicyclic amines) is 1. The highest BCUT2D eigenvalue weighted by molar-refractivity contribution is 5.91. The van der Waals surface area contributed by atoms with Gasteiger partial charge in [-0.3, -0.25) is 14.4 Å². The van der Waals surface area contributed by atoms with Gasteiger partial charge in [-0.1, -0.05) is 63.6 Å². The van der Waals surface area contributed by atoms with Gasteiger partial charge in [0.15, 0.2) is 0 Å². The highest BCUT2D eigenvalue weighted by Gasteiger charge is 2.36. The summed E-state index contributed by atoms with van der Waals surface area (Å²) in [6.45, 7) is 6.84. The lowest BCUT2D eigenvalue weighted by Crippen LogP contribution is -2.50. The average Bonchev–Trinajstić information content (AvgIpc) is 3.06. The topological polar surface area (TPSA) is 92.5 Å². The predicted molar refractivity (Wildman–Crippen MR) is 149 cm³/mol. The molecular formula is C31H40F3N3O3. The molecule has 0 bridgehead atoms. The molecule has 40 heavy (non-hydrogen) atoms. The van der Waals surface area contributed by atoms with E-state index in [1.807, 2.05) is 45.0 Å². The lowest BCUT2D eigenvalue weighted by Gasteiger charge is -2.29. The molecule has 1 aliphatic rings. The van der Waals surface area contributed by atoms with Crippen LogP contribution in [0, 0.1) is 17.8 Å². The second kappa shape index (κ2) is 13.8. The maximum Gasteiger partial charge on any atom is 0.416 e. The molecule has 3 N–H and O–H groups in total. The summed E-state index contributed by atoms with van der Waals surface area (Å²) in [6.07, 6.45) is -0.517. The van der Waals surface area contributed by atoms with Crippen LogP contribution >= 0.6 is 0 Å². The summed E-state index contributed by atoms with van der Waals surface area (Å²) in [5, 5.41) is 2.95. The molecule has 2 aromatic carbocycles. The molecule has 1 fully saturated rings. The summed E-state index contributed by atoms with van der Waals surface area (Å²) in [5.74, 6) is -1.93. The van der Waals surface area contributed by atoms with Crippen molar-refractivity contribution in [1.82, 2.24) is 10.2 Å². The number of nitrogens with one attached hydrogen (secondary N) is 1. The van der Waals surface area contributed by atoms with Crippen molar-refractivity contribution in [2.75, 3.05) is 6.54 Å². The largest absolute Gasteiger partial charge is 0.416 e. The van der Waals surface area contributed by atoms with Crippen molar-refractivity contribution in [2.45, 2.75) is 78.1 Å². The molecular weight excluding hydrogens is 519 g/mol. The fourth-order valence-electron chi connectivity index (χ4n) is 5.36. The van der Waals surface area contributed by atoms with Crippen molar-refractivity contribution in [3.05, 3.63) is 59.7 Å². The maximum absolute atomic E-state index is 13.5. The number of amides is 3. The molecule has 1 saturated heterocycles. The van der Waals surface area contributed by atoms with E-state index in [2.05, 4.69) is 5.32 Å². The Morgan fingerprint density at radius 1 is 1.00 bits per heavy atom. The monoisotopic (exact) mass is 559 g/mol. The van der Waals surface area contributed by atoms with Gasteiger partial charge in [0.05, 0.1) is 5.56 Å². The number of nitrogens with zero attached hydrogens (tertiary/aromatic N) is 1. The number of carbonyl (C=O) groups is 3. The lowest BCUT2D eigenvalue weighted by molar-refractivity contribution is -0.139. The number of carbonyl (C=O) groups excluding carboxylic acids is 3. The lowest BCUT2D eigenvalue weighted by atomic mass is 9.81. The van der Waals surface area contributed by atoms with Crippen LogP contribution in [0.1, 0.15) is 70.4 Å². The van der Waals surface area contributed by atoms with Crippen LogP contribution in [-0.2, 0) is 27.1 Å². The molecule has 2 aromatic rings. The SMILES string of the molecule is CCC[C@H](C(N)=O)[C@@H](CC(C)C)C(=O)NC1CCCCN(Cc2ccc(-c3ccc(C(F)(F)F)cc3)cc2)C1=O. The Labute approximate surface area is 234 Å². The number of alkyl halides is 3. The molecule has 0 saturated carbocycles. The van der Waals surface area contributed by atoms with Gasteiger partial charge in [-0.15, -0.1) is 0 Å².